The van der Waals surface area contributed by atoms with Crippen LogP contribution in [0.2, 0.25) is 0 Å². The van der Waals surface area contributed by atoms with Crippen LogP contribution in [0.3, 0.4) is 0 Å². The smallest absolute Gasteiger partial charge is 0.265 e. The molecule has 0 aliphatic carbocycles. The molecular weight excluding hydrogens is 330 g/mol. The first-order valence-electron chi connectivity index (χ1n) is 6.91. The zero-order chi connectivity index (χ0) is 17.1. The van der Waals surface area contributed by atoms with E-state index in [1.807, 2.05) is 0 Å². The fraction of sp³-hybridized carbons (Fsp3) is 0.133. The first-order chi connectivity index (χ1) is 11.6. The summed E-state index contributed by atoms with van der Waals surface area (Å²) in [7, 11) is 1.53. The maximum absolute atomic E-state index is 12.3. The minimum absolute atomic E-state index is 0.0681. The minimum atomic E-state index is -0.302. The number of nitrogens with one attached hydrogen (secondary N) is 1. The van der Waals surface area contributed by atoms with Crippen LogP contribution >= 0.6 is 11.3 Å². The number of amides is 1. The second kappa shape index (κ2) is 6.59. The van der Waals surface area contributed by atoms with Crippen LogP contribution in [0.5, 0.6) is 5.75 Å². The van der Waals surface area contributed by atoms with Gasteiger partial charge in [-0.15, -0.1) is 16.4 Å². The number of ketones is 1. The molecule has 0 saturated carbocycles. The highest BCUT2D eigenvalue weighted by atomic mass is 32.1. The van der Waals surface area contributed by atoms with Gasteiger partial charge in [0.2, 0.25) is 0 Å². The van der Waals surface area contributed by atoms with E-state index in [1.54, 1.807) is 30.3 Å². The van der Waals surface area contributed by atoms with Crippen LogP contribution < -0.4 is 10.1 Å². The number of hydrogen-bond donors (Lipinski definition) is 1. The molecule has 0 bridgehead atoms. The average molecular weight is 343 g/mol. The van der Waals surface area contributed by atoms with Crippen LogP contribution in [0.1, 0.15) is 26.3 Å². The second-order valence-electron chi connectivity index (χ2n) is 4.85. The van der Waals surface area contributed by atoms with Crippen molar-refractivity contribution in [2.45, 2.75) is 6.92 Å². The number of nitrogens with zero attached hydrogens (tertiary/aromatic N) is 4. The van der Waals surface area contributed by atoms with Crippen molar-refractivity contribution in [1.82, 2.24) is 20.2 Å². The van der Waals surface area contributed by atoms with Gasteiger partial charge in [-0.2, -0.15) is 0 Å². The van der Waals surface area contributed by atoms with Gasteiger partial charge < -0.3 is 10.1 Å². The maximum Gasteiger partial charge on any atom is 0.265 e. The molecule has 1 amide bonds. The van der Waals surface area contributed by atoms with E-state index in [0.29, 0.717) is 26.9 Å². The van der Waals surface area contributed by atoms with E-state index in [4.69, 9.17) is 4.74 Å². The molecule has 0 spiro atoms. The Morgan fingerprint density at radius 2 is 2.00 bits per heavy atom. The van der Waals surface area contributed by atoms with Crippen LogP contribution in [0.25, 0.3) is 5.69 Å². The number of carbonyl (C=O) groups is 2. The predicted octanol–water partition coefficient (Wildman–Crippen LogP) is 2.19. The van der Waals surface area contributed by atoms with Crippen LogP contribution in [-0.4, -0.2) is 39.0 Å². The topological polar surface area (TPSA) is 99.0 Å². The SMILES string of the molecule is COc1cc(NC(=O)c2ccc(C(C)=O)s2)cc(-n2cnnn2)c1. The van der Waals surface area contributed by atoms with Crippen LogP contribution in [0.15, 0.2) is 36.7 Å². The van der Waals surface area contributed by atoms with Gasteiger partial charge in [-0.25, -0.2) is 4.68 Å². The monoisotopic (exact) mass is 343 g/mol. The van der Waals surface area contributed by atoms with Gasteiger partial charge in [-0.3, -0.25) is 9.59 Å². The number of tetrazole rings is 1. The molecule has 0 fully saturated rings. The highest BCUT2D eigenvalue weighted by Gasteiger charge is 2.13. The molecule has 0 aliphatic rings. The van der Waals surface area contributed by atoms with Crippen molar-refractivity contribution in [2.24, 2.45) is 0 Å². The third-order valence-electron chi connectivity index (χ3n) is 3.18. The lowest BCUT2D eigenvalue weighted by Gasteiger charge is -2.09. The van der Waals surface area contributed by atoms with Crippen molar-refractivity contribution in [3.63, 3.8) is 0 Å². The minimum Gasteiger partial charge on any atom is -0.497 e. The van der Waals surface area contributed by atoms with E-state index >= 15 is 0 Å². The summed E-state index contributed by atoms with van der Waals surface area (Å²) < 4.78 is 6.70. The van der Waals surface area contributed by atoms with E-state index in [-0.39, 0.29) is 11.7 Å². The van der Waals surface area contributed by atoms with Gasteiger partial charge in [0.05, 0.1) is 22.6 Å². The molecule has 0 unspecified atom stereocenters. The van der Waals surface area contributed by atoms with Crippen molar-refractivity contribution in [2.75, 3.05) is 12.4 Å². The molecule has 3 aromatic rings. The summed E-state index contributed by atoms with van der Waals surface area (Å²) in [6.07, 6.45) is 1.44. The van der Waals surface area contributed by atoms with E-state index in [9.17, 15) is 9.59 Å². The molecule has 2 heterocycles. The number of aromatic nitrogens is 4. The number of carbonyl (C=O) groups excluding carboxylic acids is 2. The molecule has 3 rings (SSSR count). The molecular formula is C15H13N5O3S. The number of hydrogen-bond acceptors (Lipinski definition) is 7. The number of methoxy groups -OCH3 is 1. The third kappa shape index (κ3) is 3.30. The van der Waals surface area contributed by atoms with Crippen molar-refractivity contribution in [3.05, 3.63) is 46.4 Å². The maximum atomic E-state index is 12.3. The van der Waals surface area contributed by atoms with Crippen molar-refractivity contribution >= 4 is 28.7 Å². The summed E-state index contributed by atoms with van der Waals surface area (Å²) in [5.74, 6) is 0.179. The highest BCUT2D eigenvalue weighted by molar-refractivity contribution is 7.16. The van der Waals surface area contributed by atoms with Gasteiger partial charge in [0.25, 0.3) is 5.91 Å². The molecule has 122 valence electrons. The molecule has 0 radical (unpaired) electrons. The van der Waals surface area contributed by atoms with Crippen LogP contribution in [-0.2, 0) is 0 Å². The molecule has 1 N–H and O–H groups in total. The largest absolute Gasteiger partial charge is 0.497 e. The Morgan fingerprint density at radius 3 is 2.62 bits per heavy atom. The van der Waals surface area contributed by atoms with Gasteiger partial charge >= 0.3 is 0 Å². The van der Waals surface area contributed by atoms with Crippen molar-refractivity contribution < 1.29 is 14.3 Å². The summed E-state index contributed by atoms with van der Waals surface area (Å²) in [4.78, 5) is 24.7. The number of ether oxygens (including phenoxy) is 1. The van der Waals surface area contributed by atoms with Gasteiger partial charge in [-0.1, -0.05) is 0 Å². The van der Waals surface area contributed by atoms with E-state index in [1.165, 1.54) is 25.0 Å². The van der Waals surface area contributed by atoms with Gasteiger partial charge in [-0.05, 0) is 35.5 Å². The summed E-state index contributed by atoms with van der Waals surface area (Å²) in [5, 5.41) is 13.8. The summed E-state index contributed by atoms with van der Waals surface area (Å²) in [6, 6.07) is 8.41. The Kier molecular flexibility index (Phi) is 4.34. The average Bonchev–Trinajstić information content (AvgIpc) is 3.26. The standard InChI is InChI=1S/C15H13N5O3S/c1-9(21)13-3-4-14(24-13)15(22)17-10-5-11(7-12(6-10)23-2)20-8-16-18-19-20/h3-8H,1-2H3,(H,17,22). The Bertz CT molecular complexity index is 888. The van der Waals surface area contributed by atoms with E-state index in [0.717, 1.165) is 11.3 Å². The van der Waals surface area contributed by atoms with E-state index in [2.05, 4.69) is 20.8 Å². The molecule has 0 aliphatic heterocycles. The van der Waals surface area contributed by atoms with Crippen LogP contribution in [0.4, 0.5) is 5.69 Å². The second-order valence-corrected chi connectivity index (χ2v) is 5.93. The van der Waals surface area contributed by atoms with Crippen molar-refractivity contribution in [1.29, 1.82) is 0 Å². The quantitative estimate of drug-likeness (QED) is 0.713. The first kappa shape index (κ1) is 15.8. The zero-order valence-corrected chi connectivity index (χ0v) is 13.7. The predicted molar refractivity (Wildman–Crippen MR) is 88.0 cm³/mol. The highest BCUT2D eigenvalue weighted by Crippen LogP contribution is 2.24. The Hall–Kier alpha value is -3.07. The van der Waals surface area contributed by atoms with Crippen LogP contribution in [0, 0.1) is 0 Å². The van der Waals surface area contributed by atoms with Gasteiger partial charge in [0.15, 0.2) is 5.78 Å². The normalized spacial score (nSPS) is 10.4. The van der Waals surface area contributed by atoms with Crippen molar-refractivity contribution in [3.8, 4) is 11.4 Å². The number of anilines is 1. The number of thiophene rings is 1. The molecule has 9 heteroatoms. The number of benzene rings is 1. The lowest BCUT2D eigenvalue weighted by Crippen LogP contribution is -2.11. The summed E-state index contributed by atoms with van der Waals surface area (Å²) >= 11 is 1.15. The fourth-order valence-electron chi connectivity index (χ4n) is 2.03. The molecule has 24 heavy (non-hydrogen) atoms. The number of Topliss-reactive ketones (excluding diaryl/α,β-unsaturated/α-hetero) is 1. The Balaban J connectivity index is 1.87. The molecule has 0 saturated heterocycles. The van der Waals surface area contributed by atoms with E-state index < -0.39 is 0 Å². The molecule has 2 aromatic heterocycles. The third-order valence-corrected chi connectivity index (χ3v) is 4.36. The molecule has 0 atom stereocenters. The summed E-state index contributed by atoms with van der Waals surface area (Å²) in [5.41, 5.74) is 1.17. The van der Waals surface area contributed by atoms with Gasteiger partial charge in [0, 0.05) is 17.8 Å². The summed E-state index contributed by atoms with van der Waals surface area (Å²) in [6.45, 7) is 1.47. The Labute approximate surface area is 141 Å². The lowest BCUT2D eigenvalue weighted by atomic mass is 10.2. The zero-order valence-electron chi connectivity index (χ0n) is 12.9. The number of rotatable bonds is 5. The lowest BCUT2D eigenvalue weighted by molar-refractivity contribution is 0.101. The Morgan fingerprint density at radius 1 is 1.21 bits per heavy atom. The fourth-order valence-corrected chi connectivity index (χ4v) is 2.82. The first-order valence-corrected chi connectivity index (χ1v) is 7.73. The van der Waals surface area contributed by atoms with Gasteiger partial charge in [0.1, 0.15) is 12.1 Å². The molecule has 1 aromatic carbocycles. The molecule has 8 nitrogen and oxygen atoms in total.